The van der Waals surface area contributed by atoms with E-state index in [1.165, 1.54) is 14.2 Å². The molecule has 33 heavy (non-hydrogen) atoms. The van der Waals surface area contributed by atoms with Gasteiger partial charge in [-0.15, -0.1) is 0 Å². The van der Waals surface area contributed by atoms with Crippen LogP contribution in [0.25, 0.3) is 0 Å². The first-order valence-corrected chi connectivity index (χ1v) is 11.2. The third-order valence-electron chi connectivity index (χ3n) is 5.87. The smallest absolute Gasteiger partial charge is 0.263 e. The van der Waals surface area contributed by atoms with Crippen LogP contribution < -0.4 is 25.0 Å². The molecule has 178 valence electrons. The van der Waals surface area contributed by atoms with Crippen LogP contribution in [0, 0.1) is 5.92 Å². The number of rotatable bonds is 9. The van der Waals surface area contributed by atoms with Crippen LogP contribution in [-0.4, -0.2) is 59.4 Å². The fraction of sp³-hybridized carbons (Fsp3) is 0.440. The molecule has 0 atom stereocenters. The minimum atomic E-state index is -0.380. The molecule has 0 aliphatic carbocycles. The van der Waals surface area contributed by atoms with Crippen molar-refractivity contribution in [3.05, 3.63) is 47.5 Å². The van der Waals surface area contributed by atoms with E-state index in [1.54, 1.807) is 31.4 Å². The van der Waals surface area contributed by atoms with Gasteiger partial charge in [0.15, 0.2) is 0 Å². The molecular formula is C25H33N3O5. The number of hydrogen-bond donors (Lipinski definition) is 2. The highest BCUT2D eigenvalue weighted by molar-refractivity contribution is 6.09. The molecule has 2 N–H and O–H groups in total. The van der Waals surface area contributed by atoms with Gasteiger partial charge in [0.05, 0.1) is 26.4 Å². The molecule has 2 amide bonds. The van der Waals surface area contributed by atoms with E-state index < -0.39 is 0 Å². The molecule has 1 aliphatic rings. The van der Waals surface area contributed by atoms with Crippen LogP contribution in [0.4, 0.5) is 11.4 Å². The minimum absolute atomic E-state index is 0.202. The van der Waals surface area contributed by atoms with Crippen molar-refractivity contribution in [1.82, 2.24) is 5.32 Å². The van der Waals surface area contributed by atoms with E-state index in [-0.39, 0.29) is 11.8 Å². The Morgan fingerprint density at radius 3 is 2.27 bits per heavy atom. The molecule has 0 unspecified atom stereocenters. The zero-order valence-electron chi connectivity index (χ0n) is 19.8. The summed E-state index contributed by atoms with van der Waals surface area (Å²) in [5, 5.41) is 5.78. The van der Waals surface area contributed by atoms with Crippen molar-refractivity contribution in [2.45, 2.75) is 19.8 Å². The van der Waals surface area contributed by atoms with Crippen molar-refractivity contribution in [2.75, 3.05) is 57.8 Å². The highest BCUT2D eigenvalue weighted by Crippen LogP contribution is 2.31. The predicted molar refractivity (Wildman–Crippen MR) is 129 cm³/mol. The summed E-state index contributed by atoms with van der Waals surface area (Å²) in [6, 6.07) is 10.6. The zero-order valence-corrected chi connectivity index (χ0v) is 19.8. The Hall–Kier alpha value is -3.26. The number of nitrogens with one attached hydrogen (secondary N) is 2. The molecule has 1 saturated heterocycles. The van der Waals surface area contributed by atoms with Crippen molar-refractivity contribution in [3.8, 4) is 11.5 Å². The molecule has 0 radical (unpaired) electrons. The van der Waals surface area contributed by atoms with Gasteiger partial charge in [-0.3, -0.25) is 9.59 Å². The summed E-state index contributed by atoms with van der Waals surface area (Å²) in [6.45, 7) is 4.86. The molecule has 8 nitrogen and oxygen atoms in total. The van der Waals surface area contributed by atoms with E-state index >= 15 is 0 Å². The van der Waals surface area contributed by atoms with Gasteiger partial charge in [-0.25, -0.2) is 0 Å². The number of carbonyl (C=O) groups excluding carboxylic acids is 2. The maximum atomic E-state index is 13.1. The summed E-state index contributed by atoms with van der Waals surface area (Å²) >= 11 is 0. The number of ether oxygens (including phenoxy) is 3. The van der Waals surface area contributed by atoms with Crippen molar-refractivity contribution in [1.29, 1.82) is 0 Å². The SMILES string of the molecule is COCCNC(=O)c1cc(NC(=O)c2c(OC)cccc2OC)ccc1N1CCC(C)CC1. The van der Waals surface area contributed by atoms with E-state index in [1.807, 2.05) is 12.1 Å². The van der Waals surface area contributed by atoms with Gasteiger partial charge in [-0.1, -0.05) is 13.0 Å². The van der Waals surface area contributed by atoms with E-state index in [9.17, 15) is 9.59 Å². The molecule has 0 spiro atoms. The lowest BCUT2D eigenvalue weighted by atomic mass is 9.97. The van der Waals surface area contributed by atoms with Gasteiger partial charge in [0.25, 0.3) is 11.8 Å². The second kappa shape index (κ2) is 11.6. The van der Waals surface area contributed by atoms with Gasteiger partial charge in [-0.2, -0.15) is 0 Å². The number of anilines is 2. The number of carbonyl (C=O) groups is 2. The summed E-state index contributed by atoms with van der Waals surface area (Å²) in [4.78, 5) is 28.3. The van der Waals surface area contributed by atoms with E-state index in [0.29, 0.717) is 47.4 Å². The van der Waals surface area contributed by atoms with Crippen LogP contribution in [0.15, 0.2) is 36.4 Å². The monoisotopic (exact) mass is 455 g/mol. The molecule has 0 saturated carbocycles. The number of hydrogen-bond acceptors (Lipinski definition) is 6. The van der Waals surface area contributed by atoms with E-state index in [4.69, 9.17) is 14.2 Å². The summed E-state index contributed by atoms with van der Waals surface area (Å²) in [5.41, 5.74) is 2.19. The number of methoxy groups -OCH3 is 3. The van der Waals surface area contributed by atoms with Gasteiger partial charge in [-0.05, 0) is 49.1 Å². The Balaban J connectivity index is 1.89. The molecule has 3 rings (SSSR count). The van der Waals surface area contributed by atoms with Gasteiger partial charge in [0.1, 0.15) is 17.1 Å². The molecule has 8 heteroatoms. The van der Waals surface area contributed by atoms with Crippen molar-refractivity contribution in [2.24, 2.45) is 5.92 Å². The van der Waals surface area contributed by atoms with Crippen LogP contribution in [0.5, 0.6) is 11.5 Å². The van der Waals surface area contributed by atoms with Crippen molar-refractivity contribution >= 4 is 23.2 Å². The number of nitrogens with zero attached hydrogens (tertiary/aromatic N) is 1. The summed E-state index contributed by atoms with van der Waals surface area (Å²) < 4.78 is 15.7. The molecule has 1 heterocycles. The number of amides is 2. The normalized spacial score (nSPS) is 14.0. The quantitative estimate of drug-likeness (QED) is 0.562. The second-order valence-electron chi connectivity index (χ2n) is 8.14. The third-order valence-corrected chi connectivity index (χ3v) is 5.87. The molecule has 1 aliphatic heterocycles. The number of benzene rings is 2. The summed E-state index contributed by atoms with van der Waals surface area (Å²) in [7, 11) is 4.60. The molecule has 2 aromatic rings. The lowest BCUT2D eigenvalue weighted by molar-refractivity contribution is 0.0936. The van der Waals surface area contributed by atoms with Crippen molar-refractivity contribution in [3.63, 3.8) is 0 Å². The lowest BCUT2D eigenvalue weighted by Crippen LogP contribution is -2.35. The molecular weight excluding hydrogens is 422 g/mol. The summed E-state index contributed by atoms with van der Waals surface area (Å²) in [6.07, 6.45) is 2.16. The fourth-order valence-electron chi connectivity index (χ4n) is 3.95. The summed E-state index contributed by atoms with van der Waals surface area (Å²) in [5.74, 6) is 0.905. The Labute approximate surface area is 195 Å². The van der Waals surface area contributed by atoms with Gasteiger partial charge in [0, 0.05) is 38.1 Å². The Morgan fingerprint density at radius 1 is 1.00 bits per heavy atom. The molecule has 0 aromatic heterocycles. The van der Waals surface area contributed by atoms with E-state index in [2.05, 4.69) is 22.5 Å². The average molecular weight is 456 g/mol. The fourth-order valence-corrected chi connectivity index (χ4v) is 3.95. The van der Waals surface area contributed by atoms with Crippen LogP contribution in [0.3, 0.4) is 0 Å². The third kappa shape index (κ3) is 5.96. The Morgan fingerprint density at radius 2 is 1.67 bits per heavy atom. The van der Waals surface area contributed by atoms with E-state index in [0.717, 1.165) is 31.6 Å². The van der Waals surface area contributed by atoms with Gasteiger partial charge in [0.2, 0.25) is 0 Å². The molecule has 2 aromatic carbocycles. The van der Waals surface area contributed by atoms with Crippen LogP contribution in [0.1, 0.15) is 40.5 Å². The molecule has 1 fully saturated rings. The standard InChI is InChI=1S/C25H33N3O5/c1-17-10-13-28(14-11-17)20-9-8-18(16-19(20)24(29)26-12-15-31-2)27-25(30)23-21(32-3)6-5-7-22(23)33-4/h5-9,16-17H,10-15H2,1-4H3,(H,26,29)(H,27,30). The van der Waals surface area contributed by atoms with Gasteiger partial charge >= 0.3 is 0 Å². The highest BCUT2D eigenvalue weighted by Gasteiger charge is 2.23. The van der Waals surface area contributed by atoms with Crippen LogP contribution in [-0.2, 0) is 4.74 Å². The number of piperidine rings is 1. The Bertz CT molecular complexity index is 948. The second-order valence-corrected chi connectivity index (χ2v) is 8.14. The largest absolute Gasteiger partial charge is 0.496 e. The maximum Gasteiger partial charge on any atom is 0.263 e. The highest BCUT2D eigenvalue weighted by atomic mass is 16.5. The first-order chi connectivity index (χ1) is 16.0. The topological polar surface area (TPSA) is 89.1 Å². The maximum absolute atomic E-state index is 13.1. The first kappa shape index (κ1) is 24.4. The van der Waals surface area contributed by atoms with Crippen molar-refractivity contribution < 1.29 is 23.8 Å². The predicted octanol–water partition coefficient (Wildman–Crippen LogP) is 3.57. The average Bonchev–Trinajstić information content (AvgIpc) is 2.84. The lowest BCUT2D eigenvalue weighted by Gasteiger charge is -2.33. The molecule has 0 bridgehead atoms. The Kier molecular flexibility index (Phi) is 8.54. The minimum Gasteiger partial charge on any atom is -0.496 e. The first-order valence-electron chi connectivity index (χ1n) is 11.2. The zero-order chi connectivity index (χ0) is 23.8. The van der Waals surface area contributed by atoms with Crippen LogP contribution in [0.2, 0.25) is 0 Å². The van der Waals surface area contributed by atoms with Crippen LogP contribution >= 0.6 is 0 Å². The van der Waals surface area contributed by atoms with Gasteiger partial charge < -0.3 is 29.7 Å².